The molecule has 5 unspecified atom stereocenters. The van der Waals surface area contributed by atoms with Crippen molar-refractivity contribution >= 4 is 177 Å². The van der Waals surface area contributed by atoms with Crippen molar-refractivity contribution in [2.75, 3.05) is 16.4 Å². The minimum absolute atomic E-state index is 0. The van der Waals surface area contributed by atoms with Crippen LogP contribution in [0.2, 0.25) is 0 Å². The Bertz CT molecular complexity index is 5400. The van der Waals surface area contributed by atoms with E-state index >= 15 is 0 Å². The number of aryl methyl sites for hydroxylation is 3. The van der Waals surface area contributed by atoms with Crippen molar-refractivity contribution in [3.05, 3.63) is 262 Å². The molecule has 32 heteroatoms. The summed E-state index contributed by atoms with van der Waals surface area (Å²) in [6, 6.07) is 61.6. The first kappa shape index (κ1) is 107. The zero-order chi connectivity index (χ0) is 90.9. The first-order chi connectivity index (χ1) is 60.5. The van der Waals surface area contributed by atoms with Crippen molar-refractivity contribution in [1.82, 2.24) is 20.3 Å². The van der Waals surface area contributed by atoms with Gasteiger partial charge in [-0.2, -0.15) is 0 Å². The van der Waals surface area contributed by atoms with Crippen molar-refractivity contribution < 1.29 is 135 Å². The van der Waals surface area contributed by atoms with Gasteiger partial charge in [0.1, 0.15) is 17.4 Å². The number of aromatic amines is 3. The minimum atomic E-state index is -0.639. The summed E-state index contributed by atoms with van der Waals surface area (Å²) in [4.78, 5) is 107. The van der Waals surface area contributed by atoms with Gasteiger partial charge in [-0.1, -0.05) is 149 Å². The van der Waals surface area contributed by atoms with Crippen LogP contribution in [0.3, 0.4) is 0 Å². The number of fused-ring (bicyclic) bond motifs is 12. The van der Waals surface area contributed by atoms with E-state index in [0.29, 0.717) is 41.2 Å². The molecule has 6 radical (unpaired) electrons. The standard InChI is InChI=1S/C24H27BrN2.C18H16BrFN2.C12H13BrN2.C12H12BrNO.C12H14O.C6H6FN.2C4H6O4.2C2H3BO2.2Na/c25-18-11-14-22-21(15-18)20-7-4-8-23(24(20)27-22)26-19-12-9-17(10-13-19)16-5-2-1-3-6-16;19-11-8-9-15-13(10-11)12-4-3-7-17(18(12)22-15)21-16-6-2-1-5-14(16)20;13-7-4-5-11-9(6-7)8-2-1-3-10(14)12(8)15-11;13-7-4-5-10-9(6-7)8-2-1-3-11(15)12(8)14-10;13-12-8-6-11(7-9-12)10-4-2-1-3-5-10;7-5-3-1-2-4-6(5)8;2*1-3(5)7-8-4(2)6;2*1-2(4)5-3;;/h1-3,5-6,11,14-15,17,19,23,26-27H,4,7-10,12-13H2;1-2,5-6,8-10,17,21-22H,3-4,7H2;4-6,10,15H,1-3,14H2;4-6,8,12,14H,1-3H2;1-5,11H,6-9H2;1-4H,8H2;2*1-2H3;2*1H3;;/q;;;;;;;;2*-1;2*+1. The van der Waals surface area contributed by atoms with E-state index in [4.69, 9.17) is 11.5 Å². The Hall–Kier alpha value is -8.23. The number of nitrogen functional groups attached to an aromatic ring is 1. The van der Waals surface area contributed by atoms with Crippen LogP contribution in [0.15, 0.2) is 200 Å². The van der Waals surface area contributed by atoms with Crippen molar-refractivity contribution in [3.8, 4) is 0 Å². The minimum Gasteiger partial charge on any atom is -0.793 e. The molecule has 128 heavy (non-hydrogen) atoms. The predicted octanol–water partition coefficient (Wildman–Crippen LogP) is 16.2. The summed E-state index contributed by atoms with van der Waals surface area (Å²) >= 11 is 14.2. The first-order valence-electron chi connectivity index (χ1n) is 42.1. The summed E-state index contributed by atoms with van der Waals surface area (Å²) in [7, 11) is 8.64. The van der Waals surface area contributed by atoms with Gasteiger partial charge in [-0.05, 0) is 251 Å². The summed E-state index contributed by atoms with van der Waals surface area (Å²) in [5, 5.41) is 14.7. The second-order valence-electron chi connectivity index (χ2n) is 31.3. The number of benzene rings is 8. The van der Waals surface area contributed by atoms with Gasteiger partial charge in [-0.15, -0.1) is 0 Å². The van der Waals surface area contributed by atoms with E-state index in [1.165, 1.54) is 166 Å². The second-order valence-corrected chi connectivity index (χ2v) is 35.0. The topological polar surface area (TPSA) is 327 Å². The molecule has 0 bridgehead atoms. The van der Waals surface area contributed by atoms with Crippen LogP contribution in [-0.2, 0) is 86.5 Å². The number of ketones is 2. The second kappa shape index (κ2) is 54.6. The predicted molar refractivity (Wildman–Crippen MR) is 503 cm³/mol. The van der Waals surface area contributed by atoms with Gasteiger partial charge >= 0.3 is 83.0 Å². The van der Waals surface area contributed by atoms with Gasteiger partial charge in [-0.3, -0.25) is 19.2 Å². The fourth-order valence-electron chi connectivity index (χ4n) is 16.4. The van der Waals surface area contributed by atoms with Crippen LogP contribution in [0.4, 0.5) is 25.8 Å². The Morgan fingerprint density at radius 1 is 0.430 bits per heavy atom. The van der Waals surface area contributed by atoms with Crippen molar-refractivity contribution in [2.45, 2.75) is 218 Å². The SMILES string of the molecule is Brc1ccc2[nH]c3c(c2c1)CCCC3NC1CCC(c2ccccc2)CC1.CC(=O)OOC(C)=O.CC(=O)OOC(C)=O.Fc1ccccc1NC1CCCc2c1[nH]c1ccc(Br)cc21.NC1CCCc2c1[nH]c1ccc(Br)cc21.Nc1ccccc1F.O=C1CCC(c2ccccc2)CC1.O=C1CCCC2c3cc(Br)ccc3NC12.[B-]OC(C)=O.[B-]OC(C)=O.[Na+].[Na+]. The Morgan fingerprint density at radius 2 is 0.820 bits per heavy atom. The number of hydrogen-bond donors (Lipinski definition) is 8. The molecule has 3 aromatic heterocycles. The molecule has 0 saturated heterocycles. The summed E-state index contributed by atoms with van der Waals surface area (Å²) < 4.78 is 37.8. The van der Waals surface area contributed by atoms with Gasteiger partial charge in [0.25, 0.3) is 0 Å². The van der Waals surface area contributed by atoms with E-state index in [9.17, 15) is 47.1 Å². The van der Waals surface area contributed by atoms with Gasteiger partial charge < -0.3 is 67.8 Å². The zero-order valence-corrected chi connectivity index (χ0v) is 83.7. The van der Waals surface area contributed by atoms with E-state index < -0.39 is 35.8 Å². The Balaban J connectivity index is 0.000000203. The molecule has 4 heterocycles. The van der Waals surface area contributed by atoms with Crippen LogP contribution in [-0.4, -0.2) is 90.5 Å². The number of para-hydroxylation sites is 2. The van der Waals surface area contributed by atoms with Gasteiger partial charge in [0.2, 0.25) is 11.9 Å². The average Bonchev–Trinajstić information content (AvgIpc) is 1.64. The molecule has 22 nitrogen and oxygen atoms in total. The van der Waals surface area contributed by atoms with Crippen LogP contribution in [0.1, 0.15) is 237 Å². The largest absolute Gasteiger partial charge is 1.00 e. The number of carbonyl (C=O) groups is 8. The van der Waals surface area contributed by atoms with Crippen molar-refractivity contribution in [1.29, 1.82) is 0 Å². The fraction of sp³-hybridized carbons (Fsp3) is 0.354. The quantitative estimate of drug-likeness (QED) is 0.0332. The molecular weight excluding hydrogens is 1910 g/mol. The van der Waals surface area contributed by atoms with Crippen LogP contribution in [0, 0.1) is 11.6 Å². The van der Waals surface area contributed by atoms with Crippen molar-refractivity contribution in [3.63, 3.8) is 0 Å². The first-order valence-corrected chi connectivity index (χ1v) is 45.2. The number of rotatable bonds is 6. The number of hydrogen-bond acceptors (Lipinski definition) is 19. The van der Waals surface area contributed by atoms with E-state index in [-0.39, 0.29) is 94.6 Å². The zero-order valence-electron chi connectivity index (χ0n) is 73.4. The Labute approximate surface area is 826 Å². The monoisotopic (exact) mass is 2020 g/mol. The molecule has 10 N–H and O–H groups in total. The normalized spacial score (nSPS) is 18.1. The molecule has 18 rings (SSSR count). The molecule has 0 spiro atoms. The third-order valence-electron chi connectivity index (χ3n) is 22.2. The number of Topliss-reactive ketones (excluding diaryl/α,β-unsaturated/α-hetero) is 2. The third-order valence-corrected chi connectivity index (χ3v) is 24.2. The number of anilines is 3. The molecule has 0 amide bonds. The molecule has 1 aliphatic heterocycles. The van der Waals surface area contributed by atoms with E-state index in [1.54, 1.807) is 24.3 Å². The van der Waals surface area contributed by atoms with Gasteiger partial charge in [-0.25, -0.2) is 47.5 Å². The van der Waals surface area contributed by atoms with Crippen LogP contribution >= 0.6 is 63.7 Å². The maximum Gasteiger partial charge on any atom is 1.00 e. The molecule has 8 aromatic carbocycles. The van der Waals surface area contributed by atoms with E-state index in [0.717, 1.165) is 135 Å². The molecule has 664 valence electrons. The van der Waals surface area contributed by atoms with Gasteiger partial charge in [0.05, 0.1) is 23.5 Å². The molecule has 6 aliphatic carbocycles. The average molecular weight is 2020 g/mol. The number of carbonyl (C=O) groups excluding carboxylic acids is 8. The molecule has 11 aromatic rings. The number of nitrogens with two attached hydrogens (primary N) is 2. The van der Waals surface area contributed by atoms with Crippen molar-refractivity contribution in [2.24, 2.45) is 5.73 Å². The fourth-order valence-corrected chi connectivity index (χ4v) is 17.9. The van der Waals surface area contributed by atoms with Crippen LogP contribution in [0.5, 0.6) is 0 Å². The number of nitrogens with one attached hydrogen (secondary N) is 6. The maximum atomic E-state index is 13.9. The van der Waals surface area contributed by atoms with E-state index in [1.807, 2.05) is 24.3 Å². The molecular formula is C96H106B2Br4F2N8Na2O14. The molecule has 3 fully saturated rings. The number of H-pyrrole nitrogens is 3. The maximum absolute atomic E-state index is 13.9. The van der Waals surface area contributed by atoms with E-state index in [2.05, 4.69) is 255 Å². The third kappa shape index (κ3) is 33.2. The van der Waals surface area contributed by atoms with Gasteiger partial charge in [0, 0.05) is 158 Å². The number of aromatic nitrogens is 3. The molecule has 7 aliphatic rings. The summed E-state index contributed by atoms with van der Waals surface area (Å²) in [5.74, 6) is -1.46. The summed E-state index contributed by atoms with van der Waals surface area (Å²) in [6.45, 7) is 7.04. The number of halogens is 6. The summed E-state index contributed by atoms with van der Waals surface area (Å²) in [6.07, 6.45) is 22.1. The Kier molecular flexibility index (Phi) is 45.5. The smallest absolute Gasteiger partial charge is 0.793 e. The van der Waals surface area contributed by atoms with Gasteiger partial charge in [0.15, 0.2) is 5.78 Å². The molecule has 5 atom stereocenters. The molecule has 3 saturated carbocycles. The van der Waals surface area contributed by atoms with Crippen LogP contribution < -0.4 is 86.5 Å². The summed E-state index contributed by atoms with van der Waals surface area (Å²) in [5.41, 5.74) is 29.2. The van der Waals surface area contributed by atoms with Crippen LogP contribution in [0.25, 0.3) is 32.7 Å². The Morgan fingerprint density at radius 3 is 1.27 bits per heavy atom.